The fourth-order valence-electron chi connectivity index (χ4n) is 5.41. The lowest BCUT2D eigenvalue weighted by molar-refractivity contribution is -0.113. The number of nitrogens with one attached hydrogen (secondary N) is 2. The van der Waals surface area contributed by atoms with Crippen molar-refractivity contribution < 1.29 is 19.1 Å². The van der Waals surface area contributed by atoms with E-state index in [1.165, 1.54) is 5.56 Å². The van der Waals surface area contributed by atoms with Crippen molar-refractivity contribution in [3.63, 3.8) is 0 Å². The molecule has 1 fully saturated rings. The monoisotopic (exact) mass is 581 g/mol. The molecule has 226 valence electrons. The highest BCUT2D eigenvalue weighted by Gasteiger charge is 2.26. The summed E-state index contributed by atoms with van der Waals surface area (Å²) < 4.78 is 11.5. The first-order valence-corrected chi connectivity index (χ1v) is 15.3. The second-order valence-electron chi connectivity index (χ2n) is 12.6. The van der Waals surface area contributed by atoms with Gasteiger partial charge in [-0.2, -0.15) is 0 Å². The van der Waals surface area contributed by atoms with Gasteiger partial charge in [0, 0.05) is 42.9 Å². The normalized spacial score (nSPS) is 15.5. The summed E-state index contributed by atoms with van der Waals surface area (Å²) >= 11 is 0. The first-order valence-electron chi connectivity index (χ1n) is 15.3. The molecular formula is C36H43N3O4. The van der Waals surface area contributed by atoms with Gasteiger partial charge in [-0.3, -0.25) is 4.79 Å². The number of hydrogen-bond acceptors (Lipinski definition) is 5. The molecule has 0 saturated carbocycles. The molecule has 3 aromatic carbocycles. The standard InChI is InChI=1S/C36H43N3O4/c1-25-5-9-28(10-6-25)29-11-14-33-31(21-29)22-30(17-20-42-33)34(40)38-32-12-7-26(8-13-32)23-37-24-27-15-18-39(19-16-27)35(41)43-36(2,3)4/h5-14,21-22,27,37H,15-20,23-24H2,1-4H3,(H,38,40). The number of nitrogens with zero attached hydrogens (tertiary/aromatic N) is 1. The highest BCUT2D eigenvalue weighted by Crippen LogP contribution is 2.31. The Morgan fingerprint density at radius 2 is 1.65 bits per heavy atom. The molecule has 2 heterocycles. The first-order chi connectivity index (χ1) is 20.6. The van der Waals surface area contributed by atoms with Gasteiger partial charge < -0.3 is 25.0 Å². The smallest absolute Gasteiger partial charge is 0.410 e. The van der Waals surface area contributed by atoms with Gasteiger partial charge in [0.05, 0.1) is 6.61 Å². The molecule has 5 rings (SSSR count). The fraction of sp³-hybridized carbons (Fsp3) is 0.389. The molecule has 1 saturated heterocycles. The van der Waals surface area contributed by atoms with Crippen LogP contribution in [0.15, 0.2) is 72.3 Å². The van der Waals surface area contributed by atoms with E-state index in [-0.39, 0.29) is 12.0 Å². The lowest BCUT2D eigenvalue weighted by Crippen LogP contribution is -2.43. The van der Waals surface area contributed by atoms with E-state index in [9.17, 15) is 9.59 Å². The lowest BCUT2D eigenvalue weighted by atomic mass is 9.97. The zero-order valence-electron chi connectivity index (χ0n) is 25.7. The van der Waals surface area contributed by atoms with E-state index in [1.807, 2.05) is 62.1 Å². The summed E-state index contributed by atoms with van der Waals surface area (Å²) in [4.78, 5) is 27.3. The zero-order valence-corrected chi connectivity index (χ0v) is 25.7. The van der Waals surface area contributed by atoms with Crippen LogP contribution in [-0.4, -0.2) is 48.7 Å². The number of fused-ring (bicyclic) bond motifs is 1. The maximum absolute atomic E-state index is 13.2. The molecule has 0 aliphatic carbocycles. The third kappa shape index (κ3) is 8.48. The second kappa shape index (κ2) is 13.5. The van der Waals surface area contributed by atoms with Crippen LogP contribution in [0.3, 0.4) is 0 Å². The summed E-state index contributed by atoms with van der Waals surface area (Å²) in [6.07, 6.45) is 4.21. The summed E-state index contributed by atoms with van der Waals surface area (Å²) in [7, 11) is 0. The van der Waals surface area contributed by atoms with E-state index in [4.69, 9.17) is 9.47 Å². The summed E-state index contributed by atoms with van der Waals surface area (Å²) in [5.74, 6) is 1.22. The zero-order chi connectivity index (χ0) is 30.4. The molecule has 2 amide bonds. The molecule has 3 aromatic rings. The Bertz CT molecular complexity index is 1450. The van der Waals surface area contributed by atoms with Crippen LogP contribution in [0.1, 0.15) is 56.7 Å². The van der Waals surface area contributed by atoms with Crippen LogP contribution in [0.4, 0.5) is 10.5 Å². The summed E-state index contributed by atoms with van der Waals surface area (Å²) in [5.41, 5.74) is 6.52. The van der Waals surface area contributed by atoms with E-state index < -0.39 is 5.60 Å². The quantitative estimate of drug-likeness (QED) is 0.308. The molecule has 0 aromatic heterocycles. The molecule has 7 heteroatoms. The average molecular weight is 582 g/mol. The molecule has 0 atom stereocenters. The van der Waals surface area contributed by atoms with Crippen molar-refractivity contribution in [1.82, 2.24) is 10.2 Å². The van der Waals surface area contributed by atoms with Crippen molar-refractivity contribution in [3.05, 3.63) is 89.0 Å². The molecule has 2 aliphatic rings. The molecule has 7 nitrogen and oxygen atoms in total. The molecule has 0 radical (unpaired) electrons. The second-order valence-corrected chi connectivity index (χ2v) is 12.6. The Kier molecular flexibility index (Phi) is 9.51. The van der Waals surface area contributed by atoms with E-state index in [1.54, 1.807) is 0 Å². The lowest BCUT2D eigenvalue weighted by Gasteiger charge is -2.33. The van der Waals surface area contributed by atoms with E-state index in [0.717, 1.165) is 72.7 Å². The van der Waals surface area contributed by atoms with Crippen molar-refractivity contribution in [2.75, 3.05) is 31.6 Å². The molecule has 43 heavy (non-hydrogen) atoms. The van der Waals surface area contributed by atoms with Crippen LogP contribution < -0.4 is 15.4 Å². The Morgan fingerprint density at radius 3 is 2.35 bits per heavy atom. The van der Waals surface area contributed by atoms with Crippen molar-refractivity contribution >= 4 is 23.8 Å². The van der Waals surface area contributed by atoms with Gasteiger partial charge in [-0.15, -0.1) is 0 Å². The number of carbonyl (C=O) groups is 2. The number of likely N-dealkylation sites (tertiary alicyclic amines) is 1. The minimum absolute atomic E-state index is 0.110. The summed E-state index contributed by atoms with van der Waals surface area (Å²) in [6, 6.07) is 22.6. The van der Waals surface area contributed by atoms with Crippen LogP contribution in [0.2, 0.25) is 0 Å². The summed E-state index contributed by atoms with van der Waals surface area (Å²) in [5, 5.41) is 6.62. The number of anilines is 1. The molecule has 0 unspecified atom stereocenters. The number of rotatable bonds is 7. The van der Waals surface area contributed by atoms with E-state index in [0.29, 0.717) is 24.5 Å². The largest absolute Gasteiger partial charge is 0.493 e. The molecule has 2 N–H and O–H groups in total. The number of benzene rings is 3. The minimum Gasteiger partial charge on any atom is -0.493 e. The van der Waals surface area contributed by atoms with Crippen LogP contribution >= 0.6 is 0 Å². The Morgan fingerprint density at radius 1 is 0.953 bits per heavy atom. The predicted octanol–water partition coefficient (Wildman–Crippen LogP) is 7.20. The first kappa shape index (κ1) is 30.4. The Balaban J connectivity index is 1.11. The third-order valence-corrected chi connectivity index (χ3v) is 7.89. The number of ether oxygens (including phenoxy) is 2. The van der Waals surface area contributed by atoms with Crippen LogP contribution in [-0.2, 0) is 16.1 Å². The topological polar surface area (TPSA) is 79.9 Å². The van der Waals surface area contributed by atoms with Gasteiger partial charge in [0.25, 0.3) is 5.91 Å². The predicted molar refractivity (Wildman–Crippen MR) is 172 cm³/mol. The third-order valence-electron chi connectivity index (χ3n) is 7.89. The summed E-state index contributed by atoms with van der Waals surface area (Å²) in [6.45, 7) is 11.4. The van der Waals surface area contributed by atoms with Gasteiger partial charge in [0.15, 0.2) is 0 Å². The van der Waals surface area contributed by atoms with Crippen molar-refractivity contribution in [2.45, 2.75) is 59.1 Å². The van der Waals surface area contributed by atoms with Gasteiger partial charge in [-0.25, -0.2) is 4.79 Å². The van der Waals surface area contributed by atoms with Gasteiger partial charge in [0.2, 0.25) is 0 Å². The number of amides is 2. The molecule has 0 bridgehead atoms. The van der Waals surface area contributed by atoms with Crippen LogP contribution in [0.5, 0.6) is 5.75 Å². The highest BCUT2D eigenvalue weighted by atomic mass is 16.6. The fourth-order valence-corrected chi connectivity index (χ4v) is 5.41. The maximum Gasteiger partial charge on any atom is 0.410 e. The van der Waals surface area contributed by atoms with Crippen molar-refractivity contribution in [1.29, 1.82) is 0 Å². The van der Waals surface area contributed by atoms with Gasteiger partial charge in [-0.1, -0.05) is 48.0 Å². The van der Waals surface area contributed by atoms with Crippen molar-refractivity contribution in [2.24, 2.45) is 5.92 Å². The molecular weight excluding hydrogens is 538 g/mol. The van der Waals surface area contributed by atoms with Gasteiger partial charge in [0.1, 0.15) is 11.4 Å². The van der Waals surface area contributed by atoms with E-state index in [2.05, 4.69) is 54.0 Å². The Labute approximate surface area is 255 Å². The highest BCUT2D eigenvalue weighted by molar-refractivity contribution is 6.07. The van der Waals surface area contributed by atoms with Crippen LogP contribution in [0, 0.1) is 12.8 Å². The number of aryl methyl sites for hydroxylation is 1. The molecule has 2 aliphatic heterocycles. The molecule has 0 spiro atoms. The van der Waals surface area contributed by atoms with E-state index >= 15 is 0 Å². The minimum atomic E-state index is -0.464. The number of hydrogen-bond donors (Lipinski definition) is 2. The van der Waals surface area contributed by atoms with Crippen LogP contribution in [0.25, 0.3) is 17.2 Å². The Hall–Kier alpha value is -4.10. The average Bonchev–Trinajstić information content (AvgIpc) is 3.20. The number of piperidine rings is 1. The SMILES string of the molecule is Cc1ccc(-c2ccc3c(c2)C=C(C(=O)Nc2ccc(CNCC4CCN(C(=O)OC(C)(C)C)CC4)cc2)CCO3)cc1. The van der Waals surface area contributed by atoms with Gasteiger partial charge in [-0.05, 0) is 100 Å². The van der Waals surface area contributed by atoms with Crippen molar-refractivity contribution in [3.8, 4) is 16.9 Å². The number of carbonyl (C=O) groups excluding carboxylic acids is 2. The van der Waals surface area contributed by atoms with Gasteiger partial charge >= 0.3 is 6.09 Å². The maximum atomic E-state index is 13.2.